The maximum absolute atomic E-state index is 12.4. The number of rotatable bonds is 3. The number of fused-ring (bicyclic) bond motifs is 1. The zero-order valence-corrected chi connectivity index (χ0v) is 12.2. The molecule has 3 rings (SSSR count). The quantitative estimate of drug-likeness (QED) is 0.931. The van der Waals surface area contributed by atoms with Crippen LogP contribution in [0.25, 0.3) is 11.0 Å². The van der Waals surface area contributed by atoms with Gasteiger partial charge in [0.25, 0.3) is 0 Å². The third kappa shape index (κ3) is 2.53. The number of para-hydroxylation sites is 1. The van der Waals surface area contributed by atoms with Gasteiger partial charge in [0.2, 0.25) is 11.9 Å². The van der Waals surface area contributed by atoms with Gasteiger partial charge in [-0.15, -0.1) is 0 Å². The molecule has 2 aromatic rings. The number of anilines is 1. The number of amides is 1. The zero-order valence-electron chi connectivity index (χ0n) is 12.2. The van der Waals surface area contributed by atoms with Crippen LogP contribution in [0.15, 0.2) is 18.2 Å². The molecule has 1 aliphatic heterocycles. The minimum absolute atomic E-state index is 0.100. The molecule has 0 bridgehead atoms. The minimum atomic E-state index is 0.100. The van der Waals surface area contributed by atoms with Gasteiger partial charge in [-0.1, -0.05) is 6.07 Å². The van der Waals surface area contributed by atoms with Crippen molar-refractivity contribution in [1.29, 1.82) is 0 Å². The summed E-state index contributed by atoms with van der Waals surface area (Å²) in [5.41, 5.74) is 7.51. The summed E-state index contributed by atoms with van der Waals surface area (Å²) in [6.45, 7) is 1.92. The lowest BCUT2D eigenvalue weighted by Crippen LogP contribution is -2.37. The number of nitrogen functional groups attached to an aromatic ring is 1. The molecule has 0 aliphatic carbocycles. The number of carbonyl (C=O) groups excluding carboxylic acids is 1. The van der Waals surface area contributed by atoms with Crippen LogP contribution in [0.4, 0.5) is 5.95 Å². The fourth-order valence-corrected chi connectivity index (χ4v) is 2.85. The highest BCUT2D eigenvalue weighted by Crippen LogP contribution is 2.26. The largest absolute Gasteiger partial charge is 0.494 e. The first kappa shape index (κ1) is 13.7. The van der Waals surface area contributed by atoms with E-state index >= 15 is 0 Å². The molecule has 1 aromatic carbocycles. The van der Waals surface area contributed by atoms with E-state index in [0.717, 1.165) is 31.4 Å². The normalized spacial score (nSPS) is 15.4. The van der Waals surface area contributed by atoms with Crippen LogP contribution in [0.5, 0.6) is 5.75 Å². The first-order valence-electron chi connectivity index (χ1n) is 7.27. The highest BCUT2D eigenvalue weighted by Gasteiger charge is 2.20. The number of hydrogen-bond acceptors (Lipinski definition) is 4. The summed E-state index contributed by atoms with van der Waals surface area (Å²) < 4.78 is 7.05. The lowest BCUT2D eigenvalue weighted by molar-refractivity contribution is -0.132. The molecule has 1 aromatic heterocycles. The summed E-state index contributed by atoms with van der Waals surface area (Å²) in [4.78, 5) is 18.6. The zero-order chi connectivity index (χ0) is 14.8. The van der Waals surface area contributed by atoms with Gasteiger partial charge in [0.15, 0.2) is 0 Å². The van der Waals surface area contributed by atoms with Gasteiger partial charge in [0.05, 0.1) is 12.6 Å². The predicted molar refractivity (Wildman–Crippen MR) is 81.1 cm³/mol. The maximum Gasteiger partial charge on any atom is 0.242 e. The molecule has 21 heavy (non-hydrogen) atoms. The molecule has 1 saturated heterocycles. The van der Waals surface area contributed by atoms with Gasteiger partial charge in [-0.25, -0.2) is 4.98 Å². The highest BCUT2D eigenvalue weighted by molar-refractivity contribution is 5.86. The van der Waals surface area contributed by atoms with Crippen LogP contribution in [0.3, 0.4) is 0 Å². The molecule has 6 nitrogen and oxygen atoms in total. The standard InChI is InChI=1S/C15H20N4O2/c1-21-12-7-5-6-11-14(12)17-15(16)19(11)10-13(20)18-8-3-2-4-9-18/h5-7H,2-4,8-10H2,1H3,(H2,16,17). The molecular weight excluding hydrogens is 268 g/mol. The number of ether oxygens (including phenoxy) is 1. The third-order valence-corrected chi connectivity index (χ3v) is 3.99. The van der Waals surface area contributed by atoms with Crippen LogP contribution in [0.2, 0.25) is 0 Å². The summed E-state index contributed by atoms with van der Waals surface area (Å²) in [6, 6.07) is 5.63. The Kier molecular flexibility index (Phi) is 3.68. The molecule has 2 N–H and O–H groups in total. The van der Waals surface area contributed by atoms with E-state index in [9.17, 15) is 4.79 Å². The van der Waals surface area contributed by atoms with Crippen LogP contribution in [-0.2, 0) is 11.3 Å². The van der Waals surface area contributed by atoms with Crippen LogP contribution in [0.1, 0.15) is 19.3 Å². The average Bonchev–Trinajstić information content (AvgIpc) is 2.84. The molecule has 1 amide bonds. The first-order valence-corrected chi connectivity index (χ1v) is 7.27. The Morgan fingerprint density at radius 3 is 2.81 bits per heavy atom. The Hall–Kier alpha value is -2.24. The van der Waals surface area contributed by atoms with Crippen molar-refractivity contribution in [3.05, 3.63) is 18.2 Å². The second-order valence-corrected chi connectivity index (χ2v) is 5.33. The number of nitrogens with two attached hydrogens (primary N) is 1. The van der Waals surface area contributed by atoms with Crippen molar-refractivity contribution in [2.24, 2.45) is 0 Å². The Labute approximate surface area is 123 Å². The number of piperidine rings is 1. The summed E-state index contributed by atoms with van der Waals surface area (Å²) in [7, 11) is 1.60. The van der Waals surface area contributed by atoms with Gasteiger partial charge in [0, 0.05) is 13.1 Å². The fourth-order valence-electron chi connectivity index (χ4n) is 2.85. The van der Waals surface area contributed by atoms with Crippen molar-refractivity contribution in [1.82, 2.24) is 14.5 Å². The molecule has 0 unspecified atom stereocenters. The summed E-state index contributed by atoms with van der Waals surface area (Å²) in [5.74, 6) is 1.12. The molecule has 0 spiro atoms. The van der Waals surface area contributed by atoms with Gasteiger partial charge >= 0.3 is 0 Å². The second-order valence-electron chi connectivity index (χ2n) is 5.33. The van der Waals surface area contributed by atoms with Crippen LogP contribution < -0.4 is 10.5 Å². The van der Waals surface area contributed by atoms with Crippen molar-refractivity contribution in [3.8, 4) is 5.75 Å². The Balaban J connectivity index is 1.89. The topological polar surface area (TPSA) is 73.4 Å². The van der Waals surface area contributed by atoms with E-state index in [1.54, 1.807) is 11.7 Å². The van der Waals surface area contributed by atoms with Crippen molar-refractivity contribution >= 4 is 22.9 Å². The van der Waals surface area contributed by atoms with Crippen molar-refractivity contribution in [3.63, 3.8) is 0 Å². The van der Waals surface area contributed by atoms with Gasteiger partial charge in [-0.05, 0) is 31.4 Å². The number of nitrogens with zero attached hydrogens (tertiary/aromatic N) is 3. The predicted octanol–water partition coefficient (Wildman–Crippen LogP) is 1.64. The van der Waals surface area contributed by atoms with Crippen molar-refractivity contribution in [2.75, 3.05) is 25.9 Å². The molecule has 112 valence electrons. The number of likely N-dealkylation sites (tertiary alicyclic amines) is 1. The van der Waals surface area contributed by atoms with E-state index in [2.05, 4.69) is 4.98 Å². The van der Waals surface area contributed by atoms with Gasteiger partial charge < -0.3 is 19.9 Å². The van der Waals surface area contributed by atoms with E-state index in [0.29, 0.717) is 17.2 Å². The first-order chi connectivity index (χ1) is 10.2. The number of imidazole rings is 1. The monoisotopic (exact) mass is 288 g/mol. The van der Waals surface area contributed by atoms with Gasteiger partial charge in [-0.2, -0.15) is 0 Å². The third-order valence-electron chi connectivity index (χ3n) is 3.99. The maximum atomic E-state index is 12.4. The molecule has 0 atom stereocenters. The molecule has 1 aliphatic rings. The summed E-state index contributed by atoms with van der Waals surface area (Å²) in [6.07, 6.45) is 3.37. The molecule has 0 saturated carbocycles. The average molecular weight is 288 g/mol. The van der Waals surface area contributed by atoms with Crippen molar-refractivity contribution < 1.29 is 9.53 Å². The van der Waals surface area contributed by atoms with Crippen LogP contribution >= 0.6 is 0 Å². The number of hydrogen-bond donors (Lipinski definition) is 1. The Bertz CT molecular complexity index is 659. The van der Waals surface area contributed by atoms with Crippen molar-refractivity contribution in [2.45, 2.75) is 25.8 Å². The number of methoxy groups -OCH3 is 1. The van der Waals surface area contributed by atoms with Crippen LogP contribution in [0, 0.1) is 0 Å². The molecular formula is C15H20N4O2. The SMILES string of the molecule is COc1cccc2c1nc(N)n2CC(=O)N1CCCCC1. The highest BCUT2D eigenvalue weighted by atomic mass is 16.5. The van der Waals surface area contributed by atoms with Gasteiger partial charge in [-0.3, -0.25) is 4.79 Å². The second kappa shape index (κ2) is 5.63. The molecule has 1 fully saturated rings. The Morgan fingerprint density at radius 2 is 2.10 bits per heavy atom. The summed E-state index contributed by atoms with van der Waals surface area (Å²) >= 11 is 0. The number of benzene rings is 1. The number of aromatic nitrogens is 2. The summed E-state index contributed by atoms with van der Waals surface area (Å²) in [5, 5.41) is 0. The van der Waals surface area contributed by atoms with E-state index in [4.69, 9.17) is 10.5 Å². The fraction of sp³-hybridized carbons (Fsp3) is 0.467. The van der Waals surface area contributed by atoms with Gasteiger partial charge in [0.1, 0.15) is 17.8 Å². The van der Waals surface area contributed by atoms with E-state index in [-0.39, 0.29) is 12.5 Å². The lowest BCUT2D eigenvalue weighted by atomic mass is 10.1. The Morgan fingerprint density at radius 1 is 1.33 bits per heavy atom. The molecule has 6 heteroatoms. The van der Waals surface area contributed by atoms with E-state index in [1.165, 1.54) is 6.42 Å². The number of carbonyl (C=O) groups is 1. The van der Waals surface area contributed by atoms with E-state index in [1.807, 2.05) is 23.1 Å². The smallest absolute Gasteiger partial charge is 0.242 e. The molecule has 2 heterocycles. The lowest BCUT2D eigenvalue weighted by Gasteiger charge is -2.27. The van der Waals surface area contributed by atoms with Crippen LogP contribution in [-0.4, -0.2) is 40.6 Å². The van der Waals surface area contributed by atoms with E-state index < -0.39 is 0 Å². The molecule has 0 radical (unpaired) electrons. The minimum Gasteiger partial charge on any atom is -0.494 e.